The molecule has 1 heterocycles. The molecule has 0 radical (unpaired) electrons. The molecule has 1 aromatic rings. The third-order valence-corrected chi connectivity index (χ3v) is 5.10. The van der Waals surface area contributed by atoms with Crippen LogP contribution in [0, 0.1) is 19.8 Å². The number of alkyl halides is 1. The van der Waals surface area contributed by atoms with E-state index in [0.29, 0.717) is 17.3 Å². The van der Waals surface area contributed by atoms with Crippen LogP contribution in [0.15, 0.2) is 6.07 Å². The Bertz CT molecular complexity index is 354. The maximum atomic E-state index is 11.8. The second-order valence-electron chi connectivity index (χ2n) is 4.32. The Morgan fingerprint density at radius 3 is 2.56 bits per heavy atom. The Kier molecular flexibility index (Phi) is 4.99. The lowest BCUT2D eigenvalue weighted by Crippen LogP contribution is -2.31. The number of nitrogens with one attached hydrogen (secondary N) is 1. The highest BCUT2D eigenvalue weighted by molar-refractivity contribution is 9.09. The van der Waals surface area contributed by atoms with Crippen LogP contribution in [0.25, 0.3) is 0 Å². The lowest BCUT2D eigenvalue weighted by molar-refractivity contribution is 0.0957. The van der Waals surface area contributed by atoms with Crippen LogP contribution in [0.4, 0.5) is 0 Å². The highest BCUT2D eigenvalue weighted by Crippen LogP contribution is 2.20. The van der Waals surface area contributed by atoms with Crippen molar-refractivity contribution in [2.75, 3.05) is 6.54 Å². The Labute approximate surface area is 110 Å². The topological polar surface area (TPSA) is 29.1 Å². The van der Waals surface area contributed by atoms with E-state index in [1.807, 2.05) is 19.9 Å². The summed E-state index contributed by atoms with van der Waals surface area (Å²) in [5.74, 6) is 0.554. The maximum Gasteiger partial charge on any atom is 0.261 e. The number of amides is 1. The van der Waals surface area contributed by atoms with Crippen molar-refractivity contribution in [1.82, 2.24) is 5.32 Å². The number of hydrogen-bond donors (Lipinski definition) is 1. The van der Waals surface area contributed by atoms with Crippen LogP contribution in [-0.2, 0) is 0 Å². The minimum atomic E-state index is 0.0336. The summed E-state index contributed by atoms with van der Waals surface area (Å²) in [5.41, 5.74) is 1.19. The molecule has 0 saturated heterocycles. The van der Waals surface area contributed by atoms with E-state index in [1.165, 1.54) is 10.4 Å². The molecule has 0 aromatic carbocycles. The van der Waals surface area contributed by atoms with Gasteiger partial charge < -0.3 is 5.32 Å². The zero-order valence-electron chi connectivity index (χ0n) is 10.1. The van der Waals surface area contributed by atoms with E-state index >= 15 is 0 Å². The Hall–Kier alpha value is -0.350. The van der Waals surface area contributed by atoms with Crippen LogP contribution in [0.2, 0.25) is 0 Å². The fourth-order valence-corrected chi connectivity index (χ4v) is 2.31. The van der Waals surface area contributed by atoms with Gasteiger partial charge in [-0.15, -0.1) is 11.3 Å². The fraction of sp³-hybridized carbons (Fsp3) is 0.583. The van der Waals surface area contributed by atoms with Gasteiger partial charge >= 0.3 is 0 Å². The molecule has 0 aliphatic heterocycles. The minimum absolute atomic E-state index is 0.0336. The number of halogens is 1. The van der Waals surface area contributed by atoms with Crippen LogP contribution in [0.3, 0.4) is 0 Å². The smallest absolute Gasteiger partial charge is 0.261 e. The van der Waals surface area contributed by atoms with Gasteiger partial charge in [0.1, 0.15) is 0 Å². The van der Waals surface area contributed by atoms with Gasteiger partial charge in [-0.3, -0.25) is 4.79 Å². The first-order valence-corrected chi connectivity index (χ1v) is 7.14. The lowest BCUT2D eigenvalue weighted by atomic mass is 10.1. The van der Waals surface area contributed by atoms with E-state index in [4.69, 9.17) is 0 Å². The van der Waals surface area contributed by atoms with Crippen LogP contribution >= 0.6 is 27.3 Å². The molecule has 0 bridgehead atoms. The molecule has 16 heavy (non-hydrogen) atoms. The first-order valence-electron chi connectivity index (χ1n) is 5.41. The Morgan fingerprint density at radius 2 is 2.12 bits per heavy atom. The van der Waals surface area contributed by atoms with Crippen molar-refractivity contribution in [3.63, 3.8) is 0 Å². The SMILES string of the molecule is Cc1cc(C(=O)NCC(Br)C(C)C)sc1C. The molecule has 1 rings (SSSR count). The number of rotatable bonds is 4. The minimum Gasteiger partial charge on any atom is -0.350 e. The molecule has 1 aromatic heterocycles. The normalized spacial score (nSPS) is 12.9. The predicted molar refractivity (Wildman–Crippen MR) is 73.7 cm³/mol. The van der Waals surface area contributed by atoms with Gasteiger partial charge in [0.2, 0.25) is 0 Å². The van der Waals surface area contributed by atoms with Crippen molar-refractivity contribution in [2.24, 2.45) is 5.92 Å². The van der Waals surface area contributed by atoms with Gasteiger partial charge in [-0.2, -0.15) is 0 Å². The highest BCUT2D eigenvalue weighted by atomic mass is 79.9. The van der Waals surface area contributed by atoms with Gasteiger partial charge in [-0.05, 0) is 31.4 Å². The highest BCUT2D eigenvalue weighted by Gasteiger charge is 2.13. The van der Waals surface area contributed by atoms with E-state index < -0.39 is 0 Å². The van der Waals surface area contributed by atoms with Crippen LogP contribution < -0.4 is 5.32 Å². The van der Waals surface area contributed by atoms with Crippen molar-refractivity contribution in [3.05, 3.63) is 21.4 Å². The van der Waals surface area contributed by atoms with Crippen LogP contribution in [0.5, 0.6) is 0 Å². The number of hydrogen-bond acceptors (Lipinski definition) is 2. The molecule has 0 spiro atoms. The molecule has 0 fully saturated rings. The number of thiophene rings is 1. The van der Waals surface area contributed by atoms with E-state index in [9.17, 15) is 4.79 Å². The van der Waals surface area contributed by atoms with Gasteiger partial charge in [0.15, 0.2) is 0 Å². The van der Waals surface area contributed by atoms with Gasteiger partial charge in [0, 0.05) is 16.2 Å². The average molecular weight is 304 g/mol. The summed E-state index contributed by atoms with van der Waals surface area (Å²) >= 11 is 5.11. The Balaban J connectivity index is 2.53. The second kappa shape index (κ2) is 5.82. The third kappa shape index (κ3) is 3.59. The number of carbonyl (C=O) groups is 1. The van der Waals surface area contributed by atoms with Crippen molar-refractivity contribution in [1.29, 1.82) is 0 Å². The van der Waals surface area contributed by atoms with Gasteiger partial charge in [-0.25, -0.2) is 0 Å². The maximum absolute atomic E-state index is 11.8. The zero-order valence-corrected chi connectivity index (χ0v) is 12.5. The predicted octanol–water partition coefficient (Wildman–Crippen LogP) is 3.51. The molecular formula is C12H18BrNOS. The van der Waals surface area contributed by atoms with E-state index in [2.05, 4.69) is 35.1 Å². The molecule has 0 aliphatic rings. The van der Waals surface area contributed by atoms with Crippen molar-refractivity contribution < 1.29 is 4.79 Å². The lowest BCUT2D eigenvalue weighted by Gasteiger charge is -2.13. The molecule has 0 aliphatic carbocycles. The number of aryl methyl sites for hydroxylation is 2. The molecule has 1 N–H and O–H groups in total. The van der Waals surface area contributed by atoms with Gasteiger partial charge in [0.05, 0.1) is 4.88 Å². The third-order valence-electron chi connectivity index (χ3n) is 2.57. The Morgan fingerprint density at radius 1 is 1.50 bits per heavy atom. The molecule has 4 heteroatoms. The summed E-state index contributed by atoms with van der Waals surface area (Å²) in [7, 11) is 0. The summed E-state index contributed by atoms with van der Waals surface area (Å²) < 4.78 is 0. The monoisotopic (exact) mass is 303 g/mol. The van der Waals surface area contributed by atoms with Crippen molar-refractivity contribution in [2.45, 2.75) is 32.5 Å². The molecule has 0 saturated carbocycles. The van der Waals surface area contributed by atoms with Crippen molar-refractivity contribution in [3.8, 4) is 0 Å². The molecule has 1 atom stereocenters. The standard InChI is InChI=1S/C12H18BrNOS/c1-7(2)10(13)6-14-12(15)11-5-8(3)9(4)16-11/h5,7,10H,6H2,1-4H3,(H,14,15). The van der Waals surface area contributed by atoms with Gasteiger partial charge in [0.25, 0.3) is 5.91 Å². The second-order valence-corrected chi connectivity index (χ2v) is 6.75. The molecule has 2 nitrogen and oxygen atoms in total. The van der Waals surface area contributed by atoms with Gasteiger partial charge in [-0.1, -0.05) is 29.8 Å². The van der Waals surface area contributed by atoms with E-state index in [0.717, 1.165) is 4.88 Å². The van der Waals surface area contributed by atoms with Crippen LogP contribution in [-0.4, -0.2) is 17.3 Å². The van der Waals surface area contributed by atoms with Crippen molar-refractivity contribution >= 4 is 33.2 Å². The summed E-state index contributed by atoms with van der Waals surface area (Å²) in [4.78, 5) is 14.2. The summed E-state index contributed by atoms with van der Waals surface area (Å²) in [6.45, 7) is 9.00. The first kappa shape index (κ1) is 13.7. The molecular weight excluding hydrogens is 286 g/mol. The number of carbonyl (C=O) groups excluding carboxylic acids is 1. The molecule has 1 amide bonds. The average Bonchev–Trinajstić information content (AvgIpc) is 2.55. The van der Waals surface area contributed by atoms with Crippen LogP contribution in [0.1, 0.15) is 34.0 Å². The van der Waals surface area contributed by atoms with E-state index in [-0.39, 0.29) is 5.91 Å². The summed E-state index contributed by atoms with van der Waals surface area (Å²) in [5, 5.41) is 2.95. The summed E-state index contributed by atoms with van der Waals surface area (Å²) in [6.07, 6.45) is 0. The zero-order chi connectivity index (χ0) is 12.3. The first-order chi connectivity index (χ1) is 7.41. The quantitative estimate of drug-likeness (QED) is 0.847. The fourth-order valence-electron chi connectivity index (χ4n) is 1.20. The molecule has 90 valence electrons. The van der Waals surface area contributed by atoms with E-state index in [1.54, 1.807) is 11.3 Å². The largest absolute Gasteiger partial charge is 0.350 e. The summed E-state index contributed by atoms with van der Waals surface area (Å²) in [6, 6.07) is 1.95. The molecule has 1 unspecified atom stereocenters.